The number of imidazole rings is 1. The van der Waals surface area contributed by atoms with E-state index >= 15 is 0 Å². The number of aryl methyl sites for hydroxylation is 2. The van der Waals surface area contributed by atoms with Crippen LogP contribution in [0.5, 0.6) is 5.75 Å². The van der Waals surface area contributed by atoms with E-state index in [-0.39, 0.29) is 0 Å². The molecule has 0 saturated carbocycles. The third kappa shape index (κ3) is 4.53. The number of aromatic nitrogens is 2. The third-order valence-corrected chi connectivity index (χ3v) is 4.26. The number of fused-ring (bicyclic) bond motifs is 1. The highest BCUT2D eigenvalue weighted by atomic mass is 35.5. The molecule has 0 saturated heterocycles. The number of ether oxygens (including phenoxy) is 2. The minimum atomic E-state index is 0.421. The topological polar surface area (TPSA) is 36.3 Å². The van der Waals surface area contributed by atoms with E-state index in [1.807, 2.05) is 43.3 Å². The largest absolute Gasteiger partial charge is 0.486 e. The van der Waals surface area contributed by atoms with E-state index in [0.29, 0.717) is 11.6 Å². The van der Waals surface area contributed by atoms with Gasteiger partial charge in [-0.25, -0.2) is 4.98 Å². The highest BCUT2D eigenvalue weighted by molar-refractivity contribution is 6.31. The second-order valence-electron chi connectivity index (χ2n) is 5.97. The molecule has 0 fully saturated rings. The van der Waals surface area contributed by atoms with Gasteiger partial charge in [-0.1, -0.05) is 23.7 Å². The van der Waals surface area contributed by atoms with Crippen molar-refractivity contribution < 1.29 is 9.47 Å². The van der Waals surface area contributed by atoms with Crippen molar-refractivity contribution in [2.45, 2.75) is 33.4 Å². The van der Waals surface area contributed by atoms with Crippen molar-refractivity contribution in [2.75, 3.05) is 13.2 Å². The second-order valence-corrected chi connectivity index (χ2v) is 6.40. The fraction of sp³-hybridized carbons (Fsp3) is 0.350. The molecular weight excluding hydrogens is 336 g/mol. The Morgan fingerprint density at radius 1 is 1.16 bits per heavy atom. The minimum Gasteiger partial charge on any atom is -0.486 e. The summed E-state index contributed by atoms with van der Waals surface area (Å²) in [4.78, 5) is 4.73. The summed E-state index contributed by atoms with van der Waals surface area (Å²) in [5.74, 6) is 1.75. The van der Waals surface area contributed by atoms with Crippen LogP contribution in [-0.2, 0) is 17.9 Å². The molecule has 0 N–H and O–H groups in total. The molecule has 0 spiro atoms. The van der Waals surface area contributed by atoms with E-state index in [1.165, 1.54) is 5.56 Å². The van der Waals surface area contributed by atoms with Gasteiger partial charge in [-0.05, 0) is 56.2 Å². The summed E-state index contributed by atoms with van der Waals surface area (Å²) >= 11 is 6.18. The van der Waals surface area contributed by atoms with Gasteiger partial charge in [-0.2, -0.15) is 0 Å². The van der Waals surface area contributed by atoms with Gasteiger partial charge in [0.2, 0.25) is 0 Å². The minimum absolute atomic E-state index is 0.421. The molecule has 3 rings (SSSR count). The Bertz CT molecular complexity index is 845. The Hall–Kier alpha value is -2.04. The molecular formula is C20H23ClN2O2. The molecule has 0 unspecified atom stereocenters. The predicted molar refractivity (Wildman–Crippen MR) is 101 cm³/mol. The van der Waals surface area contributed by atoms with Crippen LogP contribution in [0.4, 0.5) is 0 Å². The Kier molecular flexibility index (Phi) is 5.95. The maximum Gasteiger partial charge on any atom is 0.147 e. The molecule has 0 bridgehead atoms. The van der Waals surface area contributed by atoms with E-state index in [9.17, 15) is 0 Å². The van der Waals surface area contributed by atoms with Gasteiger partial charge in [0, 0.05) is 24.8 Å². The normalized spacial score (nSPS) is 11.2. The summed E-state index contributed by atoms with van der Waals surface area (Å²) in [5, 5.41) is 0.713. The van der Waals surface area contributed by atoms with Gasteiger partial charge in [0.1, 0.15) is 18.2 Å². The van der Waals surface area contributed by atoms with Gasteiger partial charge in [0.05, 0.1) is 11.0 Å². The monoisotopic (exact) mass is 358 g/mol. The van der Waals surface area contributed by atoms with Gasteiger partial charge in [0.25, 0.3) is 0 Å². The SMILES string of the molecule is CCOCCCn1c(COc2cccc(C)c2)nc2ccc(Cl)cc21. The first-order chi connectivity index (χ1) is 12.2. The van der Waals surface area contributed by atoms with Crippen molar-refractivity contribution in [2.24, 2.45) is 0 Å². The van der Waals surface area contributed by atoms with E-state index in [2.05, 4.69) is 17.6 Å². The van der Waals surface area contributed by atoms with Crippen LogP contribution in [0.25, 0.3) is 11.0 Å². The highest BCUT2D eigenvalue weighted by Gasteiger charge is 2.12. The first kappa shape index (κ1) is 17.8. The van der Waals surface area contributed by atoms with E-state index < -0.39 is 0 Å². The van der Waals surface area contributed by atoms with Gasteiger partial charge in [-0.3, -0.25) is 0 Å². The molecule has 2 aromatic carbocycles. The van der Waals surface area contributed by atoms with Gasteiger partial charge >= 0.3 is 0 Å². The molecule has 0 radical (unpaired) electrons. The summed E-state index contributed by atoms with van der Waals surface area (Å²) < 4.78 is 13.6. The van der Waals surface area contributed by atoms with E-state index in [1.54, 1.807) is 0 Å². The molecule has 25 heavy (non-hydrogen) atoms. The molecule has 5 heteroatoms. The van der Waals surface area contributed by atoms with Crippen LogP contribution in [0.15, 0.2) is 42.5 Å². The average Bonchev–Trinajstić information content (AvgIpc) is 2.94. The van der Waals surface area contributed by atoms with Crippen LogP contribution >= 0.6 is 11.6 Å². The molecule has 1 aromatic heterocycles. The van der Waals surface area contributed by atoms with Gasteiger partial charge in [-0.15, -0.1) is 0 Å². The molecule has 1 heterocycles. The average molecular weight is 359 g/mol. The maximum atomic E-state index is 6.18. The van der Waals surface area contributed by atoms with Crippen LogP contribution < -0.4 is 4.74 Å². The summed E-state index contributed by atoms with van der Waals surface area (Å²) in [6.07, 6.45) is 0.920. The van der Waals surface area contributed by atoms with Crippen molar-refractivity contribution in [1.29, 1.82) is 0 Å². The lowest BCUT2D eigenvalue weighted by molar-refractivity contribution is 0.141. The summed E-state index contributed by atoms with van der Waals surface area (Å²) in [6.45, 7) is 6.77. The molecule has 0 aliphatic carbocycles. The van der Waals surface area contributed by atoms with Crippen molar-refractivity contribution in [3.63, 3.8) is 0 Å². The number of nitrogens with zero attached hydrogens (tertiary/aromatic N) is 2. The molecule has 132 valence electrons. The Morgan fingerprint density at radius 2 is 2.04 bits per heavy atom. The first-order valence-electron chi connectivity index (χ1n) is 8.59. The first-order valence-corrected chi connectivity index (χ1v) is 8.97. The molecule has 3 aromatic rings. The van der Waals surface area contributed by atoms with Crippen molar-refractivity contribution in [1.82, 2.24) is 9.55 Å². The third-order valence-electron chi connectivity index (χ3n) is 4.02. The molecule has 0 aliphatic heterocycles. The molecule has 0 atom stereocenters. The number of rotatable bonds is 8. The maximum absolute atomic E-state index is 6.18. The zero-order chi connectivity index (χ0) is 17.6. The zero-order valence-electron chi connectivity index (χ0n) is 14.7. The summed E-state index contributed by atoms with van der Waals surface area (Å²) in [6, 6.07) is 13.8. The fourth-order valence-electron chi connectivity index (χ4n) is 2.83. The number of hydrogen-bond donors (Lipinski definition) is 0. The van der Waals surface area contributed by atoms with Crippen molar-refractivity contribution in [3.05, 3.63) is 58.9 Å². The second kappa shape index (κ2) is 8.37. The number of hydrogen-bond acceptors (Lipinski definition) is 3. The lowest BCUT2D eigenvalue weighted by atomic mass is 10.2. The van der Waals surface area contributed by atoms with E-state index in [4.69, 9.17) is 26.1 Å². The fourth-order valence-corrected chi connectivity index (χ4v) is 2.99. The summed E-state index contributed by atoms with van der Waals surface area (Å²) in [5.41, 5.74) is 3.14. The summed E-state index contributed by atoms with van der Waals surface area (Å²) in [7, 11) is 0. The molecule has 0 amide bonds. The highest BCUT2D eigenvalue weighted by Crippen LogP contribution is 2.22. The van der Waals surface area contributed by atoms with Gasteiger partial charge in [0.15, 0.2) is 0 Å². The van der Waals surface area contributed by atoms with Crippen LogP contribution in [-0.4, -0.2) is 22.8 Å². The van der Waals surface area contributed by atoms with Crippen LogP contribution in [0.2, 0.25) is 5.02 Å². The van der Waals surface area contributed by atoms with Crippen LogP contribution in [0.1, 0.15) is 24.7 Å². The lowest BCUT2D eigenvalue weighted by Gasteiger charge is -2.11. The quantitative estimate of drug-likeness (QED) is 0.531. The van der Waals surface area contributed by atoms with E-state index in [0.717, 1.165) is 48.8 Å². The Morgan fingerprint density at radius 3 is 2.84 bits per heavy atom. The standard InChI is InChI=1S/C20H23ClN2O2/c1-3-24-11-5-10-23-19-13-16(21)8-9-18(19)22-20(23)14-25-17-7-4-6-15(2)12-17/h4,6-9,12-13H,3,5,10-11,14H2,1-2H3. The van der Waals surface area contributed by atoms with Crippen LogP contribution in [0, 0.1) is 6.92 Å². The Balaban J connectivity index is 1.82. The predicted octanol–water partition coefficient (Wildman–Crippen LogP) is 5.00. The smallest absolute Gasteiger partial charge is 0.147 e. The number of benzene rings is 2. The number of halogens is 1. The lowest BCUT2D eigenvalue weighted by Crippen LogP contribution is -2.09. The molecule has 4 nitrogen and oxygen atoms in total. The molecule has 0 aliphatic rings. The Labute approximate surface area is 153 Å². The van der Waals surface area contributed by atoms with Crippen molar-refractivity contribution >= 4 is 22.6 Å². The zero-order valence-corrected chi connectivity index (χ0v) is 15.4. The van der Waals surface area contributed by atoms with Crippen LogP contribution in [0.3, 0.4) is 0 Å². The van der Waals surface area contributed by atoms with Gasteiger partial charge < -0.3 is 14.0 Å². The van der Waals surface area contributed by atoms with Crippen molar-refractivity contribution in [3.8, 4) is 5.75 Å².